The number of hydrogen-bond donors (Lipinski definition) is 2. The van der Waals surface area contributed by atoms with Crippen molar-refractivity contribution >= 4 is 38.3 Å². The van der Waals surface area contributed by atoms with E-state index in [1.54, 1.807) is 0 Å². The third-order valence-corrected chi connectivity index (χ3v) is 7.58. The van der Waals surface area contributed by atoms with Gasteiger partial charge in [0.15, 0.2) is 5.13 Å². The van der Waals surface area contributed by atoms with Crippen LogP contribution >= 0.6 is 11.3 Å². The van der Waals surface area contributed by atoms with E-state index < -0.39 is 21.8 Å². The zero-order valence-corrected chi connectivity index (χ0v) is 20.7. The molecule has 12 heteroatoms. The Morgan fingerprint density at radius 2 is 1.94 bits per heavy atom. The van der Waals surface area contributed by atoms with Crippen molar-refractivity contribution in [3.63, 3.8) is 0 Å². The summed E-state index contributed by atoms with van der Waals surface area (Å²) in [6.45, 7) is 6.14. The second-order valence-corrected chi connectivity index (χ2v) is 11.2. The Morgan fingerprint density at radius 1 is 1.24 bits per heavy atom. The molecule has 2 aromatic rings. The van der Waals surface area contributed by atoms with Crippen LogP contribution in [0.3, 0.4) is 0 Å². The summed E-state index contributed by atoms with van der Waals surface area (Å²) >= 11 is 1.32. The van der Waals surface area contributed by atoms with Gasteiger partial charge in [0.1, 0.15) is 0 Å². The number of hydrogen-bond acceptors (Lipinski definition) is 8. The van der Waals surface area contributed by atoms with E-state index in [1.807, 2.05) is 19.2 Å². The molecule has 1 aliphatic rings. The Hall–Kier alpha value is -2.38. The summed E-state index contributed by atoms with van der Waals surface area (Å²) < 4.78 is 31.3. The SMILES string of the molecule is CC1CN(Cc2csc(NC(=O)CNC(=O)c3cccc(S(=O)(=O)N(C)C)c3)n2)CC(C)O1. The zero-order chi connectivity index (χ0) is 24.2. The Kier molecular flexibility index (Phi) is 8.19. The van der Waals surface area contributed by atoms with Gasteiger partial charge in [0.25, 0.3) is 5.91 Å². The smallest absolute Gasteiger partial charge is 0.251 e. The average Bonchev–Trinajstić information content (AvgIpc) is 3.17. The molecule has 0 aliphatic carbocycles. The molecule has 1 saturated heterocycles. The molecule has 1 fully saturated rings. The van der Waals surface area contributed by atoms with Crippen molar-refractivity contribution in [1.82, 2.24) is 19.5 Å². The second kappa shape index (κ2) is 10.7. The lowest BCUT2D eigenvalue weighted by Gasteiger charge is -2.34. The first-order valence-corrected chi connectivity index (χ1v) is 12.8. The van der Waals surface area contributed by atoms with Gasteiger partial charge in [-0.05, 0) is 32.0 Å². The van der Waals surface area contributed by atoms with Gasteiger partial charge in [-0.15, -0.1) is 11.3 Å². The van der Waals surface area contributed by atoms with Gasteiger partial charge in [-0.3, -0.25) is 14.5 Å². The van der Waals surface area contributed by atoms with Crippen molar-refractivity contribution in [2.75, 3.05) is 39.0 Å². The molecule has 2 unspecified atom stereocenters. The van der Waals surface area contributed by atoms with Gasteiger partial charge < -0.3 is 15.4 Å². The Balaban J connectivity index is 1.51. The lowest BCUT2D eigenvalue weighted by Crippen LogP contribution is -2.44. The zero-order valence-electron chi connectivity index (χ0n) is 19.1. The molecule has 180 valence electrons. The van der Waals surface area contributed by atoms with Gasteiger partial charge in [0.05, 0.1) is 29.3 Å². The Morgan fingerprint density at radius 3 is 2.61 bits per heavy atom. The highest BCUT2D eigenvalue weighted by atomic mass is 32.2. The number of carbonyl (C=O) groups is 2. The van der Waals surface area contributed by atoms with Crippen LogP contribution in [0.25, 0.3) is 0 Å². The first-order chi connectivity index (χ1) is 15.5. The number of aromatic nitrogens is 1. The summed E-state index contributed by atoms with van der Waals surface area (Å²) in [7, 11) is -0.833. The summed E-state index contributed by atoms with van der Waals surface area (Å²) in [5.74, 6) is -0.966. The van der Waals surface area contributed by atoms with Crippen LogP contribution in [-0.2, 0) is 26.1 Å². The lowest BCUT2D eigenvalue weighted by molar-refractivity contribution is -0.115. The minimum atomic E-state index is -3.66. The maximum atomic E-state index is 12.4. The number of nitrogens with one attached hydrogen (secondary N) is 2. The van der Waals surface area contributed by atoms with E-state index >= 15 is 0 Å². The van der Waals surface area contributed by atoms with Crippen LogP contribution in [-0.4, -0.2) is 80.4 Å². The lowest BCUT2D eigenvalue weighted by atomic mass is 10.2. The van der Waals surface area contributed by atoms with E-state index in [-0.39, 0.29) is 29.2 Å². The quantitative estimate of drug-likeness (QED) is 0.567. The van der Waals surface area contributed by atoms with E-state index in [2.05, 4.69) is 20.5 Å². The van der Waals surface area contributed by atoms with Crippen molar-refractivity contribution < 1.29 is 22.7 Å². The number of carbonyl (C=O) groups excluding carboxylic acids is 2. The van der Waals surface area contributed by atoms with Crippen LogP contribution in [0.1, 0.15) is 29.9 Å². The van der Waals surface area contributed by atoms with Gasteiger partial charge in [-0.2, -0.15) is 0 Å². The maximum Gasteiger partial charge on any atom is 0.251 e. The molecule has 1 aliphatic heterocycles. The highest BCUT2D eigenvalue weighted by Crippen LogP contribution is 2.19. The van der Waals surface area contributed by atoms with E-state index in [4.69, 9.17) is 4.74 Å². The van der Waals surface area contributed by atoms with Gasteiger partial charge >= 0.3 is 0 Å². The third kappa shape index (κ3) is 6.81. The van der Waals surface area contributed by atoms with E-state index in [1.165, 1.54) is 49.7 Å². The molecular formula is C21H29N5O5S2. The van der Waals surface area contributed by atoms with Crippen LogP contribution in [0, 0.1) is 0 Å². The van der Waals surface area contributed by atoms with Gasteiger partial charge in [-0.1, -0.05) is 6.07 Å². The number of ether oxygens (including phenoxy) is 1. The number of thiazole rings is 1. The highest BCUT2D eigenvalue weighted by Gasteiger charge is 2.23. The van der Waals surface area contributed by atoms with E-state index in [0.717, 1.165) is 23.1 Å². The predicted molar refractivity (Wildman–Crippen MR) is 126 cm³/mol. The average molecular weight is 496 g/mol. The summed E-state index contributed by atoms with van der Waals surface area (Å²) in [5.41, 5.74) is 1.01. The van der Waals surface area contributed by atoms with Crippen LogP contribution in [0.15, 0.2) is 34.5 Å². The number of amides is 2. The van der Waals surface area contributed by atoms with E-state index in [9.17, 15) is 18.0 Å². The van der Waals surface area contributed by atoms with Crippen molar-refractivity contribution in [2.45, 2.75) is 37.5 Å². The standard InChI is InChI=1S/C21H29N5O5S2/c1-14-10-26(11-15(2)31-14)12-17-13-32-21(23-17)24-19(27)9-22-20(28)16-6-5-7-18(8-16)33(29,30)25(3)4/h5-8,13-15H,9-12H2,1-4H3,(H,22,28)(H,23,24,27). The highest BCUT2D eigenvalue weighted by molar-refractivity contribution is 7.89. The van der Waals surface area contributed by atoms with Gasteiger partial charge in [-0.25, -0.2) is 17.7 Å². The summed E-state index contributed by atoms with van der Waals surface area (Å²) in [6.07, 6.45) is 0.331. The molecule has 10 nitrogen and oxygen atoms in total. The van der Waals surface area contributed by atoms with Crippen molar-refractivity contribution in [2.24, 2.45) is 0 Å². The van der Waals surface area contributed by atoms with Crippen LogP contribution in [0.2, 0.25) is 0 Å². The number of rotatable bonds is 8. The molecule has 3 rings (SSSR count). The molecule has 1 aromatic carbocycles. The fraction of sp³-hybridized carbons (Fsp3) is 0.476. The first kappa shape index (κ1) is 25.2. The van der Waals surface area contributed by atoms with Crippen LogP contribution in [0.5, 0.6) is 0 Å². The topological polar surface area (TPSA) is 121 Å². The molecule has 2 atom stereocenters. The normalized spacial score (nSPS) is 19.4. The number of benzene rings is 1. The van der Waals surface area contributed by atoms with Crippen LogP contribution in [0.4, 0.5) is 5.13 Å². The fourth-order valence-electron chi connectivity index (χ4n) is 3.51. The number of sulfonamides is 1. The molecule has 2 amide bonds. The van der Waals surface area contributed by atoms with Gasteiger partial charge in [0, 0.05) is 44.7 Å². The Labute approximate surface area is 198 Å². The van der Waals surface area contributed by atoms with Crippen molar-refractivity contribution in [3.05, 3.63) is 40.9 Å². The maximum absolute atomic E-state index is 12.4. The minimum Gasteiger partial charge on any atom is -0.373 e. The largest absolute Gasteiger partial charge is 0.373 e. The summed E-state index contributed by atoms with van der Waals surface area (Å²) in [5, 5.41) is 7.54. The monoisotopic (exact) mass is 495 g/mol. The molecule has 1 aromatic heterocycles. The van der Waals surface area contributed by atoms with E-state index in [0.29, 0.717) is 11.7 Å². The van der Waals surface area contributed by atoms with Crippen molar-refractivity contribution in [1.29, 1.82) is 0 Å². The second-order valence-electron chi connectivity index (χ2n) is 8.14. The third-order valence-electron chi connectivity index (χ3n) is 4.96. The molecular weight excluding hydrogens is 466 g/mol. The molecule has 2 N–H and O–H groups in total. The molecule has 0 spiro atoms. The number of morpholine rings is 1. The fourth-order valence-corrected chi connectivity index (χ4v) is 5.18. The summed E-state index contributed by atoms with van der Waals surface area (Å²) in [4.78, 5) is 31.4. The molecule has 2 heterocycles. The van der Waals surface area contributed by atoms with Gasteiger partial charge in [0.2, 0.25) is 15.9 Å². The predicted octanol–water partition coefficient (Wildman–Crippen LogP) is 1.37. The molecule has 33 heavy (non-hydrogen) atoms. The first-order valence-electron chi connectivity index (χ1n) is 10.5. The molecule has 0 bridgehead atoms. The molecule has 0 radical (unpaired) electrons. The Bertz CT molecular complexity index is 1090. The van der Waals surface area contributed by atoms with Crippen LogP contribution < -0.4 is 10.6 Å². The van der Waals surface area contributed by atoms with Crippen molar-refractivity contribution in [3.8, 4) is 0 Å². The summed E-state index contributed by atoms with van der Waals surface area (Å²) in [6, 6.07) is 5.67. The minimum absolute atomic E-state index is 0.00368. The number of nitrogens with zero attached hydrogens (tertiary/aromatic N) is 3. The molecule has 0 saturated carbocycles. The number of anilines is 1.